The predicted octanol–water partition coefficient (Wildman–Crippen LogP) is 1.92. The van der Waals surface area contributed by atoms with Crippen molar-refractivity contribution in [3.8, 4) is 11.5 Å². The van der Waals surface area contributed by atoms with Crippen LogP contribution in [0, 0.1) is 6.92 Å². The summed E-state index contributed by atoms with van der Waals surface area (Å²) in [4.78, 5) is 23.4. The molecule has 0 saturated carbocycles. The van der Waals surface area contributed by atoms with E-state index in [2.05, 4.69) is 10.6 Å². The van der Waals surface area contributed by atoms with Crippen molar-refractivity contribution in [2.24, 2.45) is 5.73 Å². The Labute approximate surface area is 146 Å². The first-order valence-electron chi connectivity index (χ1n) is 7.69. The first-order valence-corrected chi connectivity index (χ1v) is 7.69. The molecule has 0 bridgehead atoms. The molecule has 0 unspecified atom stereocenters. The van der Waals surface area contributed by atoms with E-state index in [1.54, 1.807) is 30.3 Å². The van der Waals surface area contributed by atoms with Gasteiger partial charge < -0.3 is 25.8 Å². The third-order valence-corrected chi connectivity index (χ3v) is 3.34. The van der Waals surface area contributed by atoms with Gasteiger partial charge in [0.15, 0.2) is 6.61 Å². The van der Waals surface area contributed by atoms with Crippen LogP contribution < -0.4 is 25.8 Å². The summed E-state index contributed by atoms with van der Waals surface area (Å²) in [6.07, 6.45) is 0. The Bertz CT molecular complexity index is 744. The van der Waals surface area contributed by atoms with Gasteiger partial charge in [0, 0.05) is 11.8 Å². The minimum atomic E-state index is -0.322. The van der Waals surface area contributed by atoms with Crippen molar-refractivity contribution in [2.75, 3.05) is 30.9 Å². The number of amides is 2. The van der Waals surface area contributed by atoms with Gasteiger partial charge in [0.2, 0.25) is 5.91 Å². The van der Waals surface area contributed by atoms with Crippen LogP contribution in [0.4, 0.5) is 11.4 Å². The molecule has 0 radical (unpaired) electrons. The fourth-order valence-corrected chi connectivity index (χ4v) is 2.05. The molecule has 0 aliphatic rings. The van der Waals surface area contributed by atoms with Crippen LogP contribution in [0.25, 0.3) is 0 Å². The summed E-state index contributed by atoms with van der Waals surface area (Å²) in [5.41, 5.74) is 7.38. The lowest BCUT2D eigenvalue weighted by atomic mass is 10.2. The lowest BCUT2D eigenvalue weighted by Crippen LogP contribution is -2.22. The SMILES string of the molecule is COc1cc(NC(=O)CN)ccc1NC(=O)COc1ccc(C)cc1. The smallest absolute Gasteiger partial charge is 0.262 e. The Balaban J connectivity index is 1.97. The molecule has 0 fully saturated rings. The number of hydrogen-bond donors (Lipinski definition) is 3. The lowest BCUT2D eigenvalue weighted by molar-refractivity contribution is -0.118. The number of rotatable bonds is 7. The molecule has 132 valence electrons. The Morgan fingerprint density at radius 2 is 1.76 bits per heavy atom. The first-order chi connectivity index (χ1) is 12.0. The number of benzene rings is 2. The number of methoxy groups -OCH3 is 1. The fourth-order valence-electron chi connectivity index (χ4n) is 2.05. The molecule has 4 N–H and O–H groups in total. The summed E-state index contributed by atoms with van der Waals surface area (Å²) >= 11 is 0. The Morgan fingerprint density at radius 3 is 2.40 bits per heavy atom. The van der Waals surface area contributed by atoms with Gasteiger partial charge in [0.05, 0.1) is 19.3 Å². The van der Waals surface area contributed by atoms with E-state index in [9.17, 15) is 9.59 Å². The maximum atomic E-state index is 12.1. The van der Waals surface area contributed by atoms with Crippen LogP contribution in [-0.2, 0) is 9.59 Å². The van der Waals surface area contributed by atoms with Gasteiger partial charge in [-0.15, -0.1) is 0 Å². The van der Waals surface area contributed by atoms with Crippen LogP contribution in [0.15, 0.2) is 42.5 Å². The molecule has 0 heterocycles. The van der Waals surface area contributed by atoms with Crippen LogP contribution >= 0.6 is 0 Å². The average Bonchev–Trinajstić information content (AvgIpc) is 2.62. The second-order valence-electron chi connectivity index (χ2n) is 5.32. The van der Waals surface area contributed by atoms with Gasteiger partial charge in [-0.2, -0.15) is 0 Å². The lowest BCUT2D eigenvalue weighted by Gasteiger charge is -2.13. The second-order valence-corrected chi connectivity index (χ2v) is 5.32. The van der Waals surface area contributed by atoms with Crippen LogP contribution in [0.1, 0.15) is 5.56 Å². The van der Waals surface area contributed by atoms with Crippen molar-refractivity contribution in [3.63, 3.8) is 0 Å². The molecule has 2 aromatic carbocycles. The maximum Gasteiger partial charge on any atom is 0.262 e. The number of anilines is 2. The van der Waals surface area contributed by atoms with Crippen molar-refractivity contribution < 1.29 is 19.1 Å². The van der Waals surface area contributed by atoms with Crippen molar-refractivity contribution in [1.29, 1.82) is 0 Å². The molecule has 7 heteroatoms. The van der Waals surface area contributed by atoms with Crippen LogP contribution in [0.5, 0.6) is 11.5 Å². The molecule has 0 aromatic heterocycles. The molecule has 2 aromatic rings. The van der Waals surface area contributed by atoms with E-state index in [-0.39, 0.29) is 25.0 Å². The third-order valence-electron chi connectivity index (χ3n) is 3.34. The zero-order chi connectivity index (χ0) is 18.2. The molecule has 0 atom stereocenters. The van der Waals surface area contributed by atoms with Crippen molar-refractivity contribution >= 4 is 23.2 Å². The van der Waals surface area contributed by atoms with E-state index in [1.807, 2.05) is 19.1 Å². The minimum absolute atomic E-state index is 0.114. The van der Waals surface area contributed by atoms with Gasteiger partial charge in [0.1, 0.15) is 11.5 Å². The summed E-state index contributed by atoms with van der Waals surface area (Å²) < 4.78 is 10.7. The van der Waals surface area contributed by atoms with Crippen molar-refractivity contribution in [1.82, 2.24) is 0 Å². The summed E-state index contributed by atoms with van der Waals surface area (Å²) in [7, 11) is 1.47. The highest BCUT2D eigenvalue weighted by Crippen LogP contribution is 2.28. The van der Waals surface area contributed by atoms with E-state index in [0.29, 0.717) is 22.9 Å². The number of aryl methyl sites for hydroxylation is 1. The minimum Gasteiger partial charge on any atom is -0.494 e. The normalized spacial score (nSPS) is 10.0. The van der Waals surface area contributed by atoms with Gasteiger partial charge in [-0.25, -0.2) is 0 Å². The number of nitrogens with two attached hydrogens (primary N) is 1. The third kappa shape index (κ3) is 5.50. The molecule has 7 nitrogen and oxygen atoms in total. The van der Waals surface area contributed by atoms with Gasteiger partial charge in [0.25, 0.3) is 5.91 Å². The summed E-state index contributed by atoms with van der Waals surface area (Å²) in [5, 5.41) is 5.33. The number of ether oxygens (including phenoxy) is 2. The molecule has 25 heavy (non-hydrogen) atoms. The number of hydrogen-bond acceptors (Lipinski definition) is 5. The van der Waals surface area contributed by atoms with Gasteiger partial charge in [-0.1, -0.05) is 17.7 Å². The van der Waals surface area contributed by atoms with Crippen LogP contribution in [-0.4, -0.2) is 32.1 Å². The molecule has 2 rings (SSSR count). The van der Waals surface area contributed by atoms with Gasteiger partial charge in [-0.05, 0) is 31.2 Å². The first kappa shape index (κ1) is 18.3. The molecular formula is C18H21N3O4. The highest BCUT2D eigenvalue weighted by atomic mass is 16.5. The molecule has 0 saturated heterocycles. The molecule has 0 spiro atoms. The van der Waals surface area contributed by atoms with E-state index >= 15 is 0 Å². The summed E-state index contributed by atoms with van der Waals surface area (Å²) in [5.74, 6) is 0.397. The van der Waals surface area contributed by atoms with Gasteiger partial charge >= 0.3 is 0 Å². The van der Waals surface area contributed by atoms with E-state index in [4.69, 9.17) is 15.2 Å². The topological polar surface area (TPSA) is 103 Å². The zero-order valence-corrected chi connectivity index (χ0v) is 14.2. The Hall–Kier alpha value is -3.06. The quantitative estimate of drug-likeness (QED) is 0.713. The Kier molecular flexibility index (Phi) is 6.36. The van der Waals surface area contributed by atoms with Crippen LogP contribution in [0.3, 0.4) is 0 Å². The summed E-state index contributed by atoms with van der Waals surface area (Å²) in [6.45, 7) is 1.73. The molecule has 0 aliphatic heterocycles. The molecular weight excluding hydrogens is 322 g/mol. The summed E-state index contributed by atoms with van der Waals surface area (Å²) in [6, 6.07) is 12.3. The monoisotopic (exact) mass is 343 g/mol. The fraction of sp³-hybridized carbons (Fsp3) is 0.222. The molecule has 2 amide bonds. The molecule has 0 aliphatic carbocycles. The maximum absolute atomic E-state index is 12.1. The van der Waals surface area contributed by atoms with E-state index < -0.39 is 0 Å². The van der Waals surface area contributed by atoms with Gasteiger partial charge in [-0.3, -0.25) is 9.59 Å². The zero-order valence-electron chi connectivity index (χ0n) is 14.2. The van der Waals surface area contributed by atoms with E-state index in [0.717, 1.165) is 5.56 Å². The Morgan fingerprint density at radius 1 is 1.04 bits per heavy atom. The number of carbonyl (C=O) groups excluding carboxylic acids is 2. The standard InChI is InChI=1S/C18H21N3O4/c1-12-3-6-14(7-4-12)25-11-18(23)21-15-8-5-13(9-16(15)24-2)20-17(22)10-19/h3-9H,10-11,19H2,1-2H3,(H,20,22)(H,21,23). The highest BCUT2D eigenvalue weighted by Gasteiger charge is 2.10. The number of carbonyl (C=O) groups is 2. The second kappa shape index (κ2) is 8.70. The largest absolute Gasteiger partial charge is 0.494 e. The van der Waals surface area contributed by atoms with Crippen molar-refractivity contribution in [2.45, 2.75) is 6.92 Å². The van der Waals surface area contributed by atoms with Crippen LogP contribution in [0.2, 0.25) is 0 Å². The van der Waals surface area contributed by atoms with Crippen molar-refractivity contribution in [3.05, 3.63) is 48.0 Å². The predicted molar refractivity (Wildman–Crippen MR) is 96.0 cm³/mol. The van der Waals surface area contributed by atoms with E-state index in [1.165, 1.54) is 7.11 Å². The average molecular weight is 343 g/mol. The highest BCUT2D eigenvalue weighted by molar-refractivity contribution is 5.95. The number of nitrogens with one attached hydrogen (secondary N) is 2.